The van der Waals surface area contributed by atoms with Gasteiger partial charge in [-0.25, -0.2) is 0 Å². The second-order valence-corrected chi connectivity index (χ2v) is 10.1. The summed E-state index contributed by atoms with van der Waals surface area (Å²) in [5.41, 5.74) is 4.68. The molecule has 0 aromatic heterocycles. The SMILES string of the molecule is CC1(C)CC(=O)C2C(=Nc3ccccc3NC2c2ccc(OCc3ccccc3)c(Cl)c2)C1. The van der Waals surface area contributed by atoms with E-state index in [4.69, 9.17) is 21.3 Å². The number of hydrogen-bond donors (Lipinski definition) is 1. The monoisotopic (exact) mass is 458 g/mol. The number of aliphatic imine (C=N–C) groups is 1. The van der Waals surface area contributed by atoms with Crippen molar-refractivity contribution in [3.8, 4) is 5.75 Å². The number of carbonyl (C=O) groups is 1. The van der Waals surface area contributed by atoms with E-state index < -0.39 is 0 Å². The van der Waals surface area contributed by atoms with Gasteiger partial charge in [0.25, 0.3) is 0 Å². The standard InChI is InChI=1S/C28H27ClN2O2/c1-28(2)15-23-26(24(32)16-28)27(31-22-11-7-6-10-21(22)30-23)19-12-13-25(20(29)14-19)33-17-18-8-4-3-5-9-18/h3-14,26-27,31H,15-17H2,1-2H3. The van der Waals surface area contributed by atoms with Crippen molar-refractivity contribution in [3.05, 3.63) is 88.9 Å². The van der Waals surface area contributed by atoms with Crippen LogP contribution in [0, 0.1) is 11.3 Å². The van der Waals surface area contributed by atoms with Gasteiger partial charge in [0.05, 0.1) is 28.4 Å². The van der Waals surface area contributed by atoms with E-state index in [9.17, 15) is 4.79 Å². The maximum Gasteiger partial charge on any atom is 0.144 e. The number of fused-ring (bicyclic) bond motifs is 2. The van der Waals surface area contributed by atoms with E-state index in [-0.39, 0.29) is 23.2 Å². The fourth-order valence-electron chi connectivity index (χ4n) is 4.86. The van der Waals surface area contributed by atoms with Crippen molar-refractivity contribution in [1.82, 2.24) is 0 Å². The summed E-state index contributed by atoms with van der Waals surface area (Å²) in [4.78, 5) is 18.3. The van der Waals surface area contributed by atoms with Crippen molar-refractivity contribution in [1.29, 1.82) is 0 Å². The van der Waals surface area contributed by atoms with E-state index in [1.165, 1.54) is 0 Å². The third-order valence-corrected chi connectivity index (χ3v) is 6.68. The zero-order chi connectivity index (χ0) is 23.0. The Balaban J connectivity index is 1.48. The van der Waals surface area contributed by atoms with Gasteiger partial charge in [-0.3, -0.25) is 9.79 Å². The molecule has 0 saturated heterocycles. The molecule has 2 unspecified atom stereocenters. The van der Waals surface area contributed by atoms with Crippen LogP contribution in [0.4, 0.5) is 11.4 Å². The van der Waals surface area contributed by atoms with Crippen molar-refractivity contribution >= 4 is 34.5 Å². The fourth-order valence-corrected chi connectivity index (χ4v) is 5.10. The van der Waals surface area contributed by atoms with Crippen LogP contribution in [0.2, 0.25) is 5.02 Å². The third kappa shape index (κ3) is 4.53. The lowest BCUT2D eigenvalue weighted by molar-refractivity contribution is -0.124. The van der Waals surface area contributed by atoms with Crippen LogP contribution in [0.25, 0.3) is 0 Å². The summed E-state index contributed by atoms with van der Waals surface area (Å²) in [6.07, 6.45) is 1.33. The van der Waals surface area contributed by atoms with Gasteiger partial charge in [-0.2, -0.15) is 0 Å². The first-order chi connectivity index (χ1) is 15.9. The minimum Gasteiger partial charge on any atom is -0.487 e. The van der Waals surface area contributed by atoms with Crippen molar-refractivity contribution in [3.63, 3.8) is 0 Å². The molecule has 168 valence electrons. The van der Waals surface area contributed by atoms with E-state index in [0.29, 0.717) is 23.8 Å². The van der Waals surface area contributed by atoms with Crippen LogP contribution < -0.4 is 10.1 Å². The molecule has 1 aliphatic heterocycles. The summed E-state index contributed by atoms with van der Waals surface area (Å²) in [6.45, 7) is 4.72. The zero-order valence-corrected chi connectivity index (χ0v) is 19.6. The Morgan fingerprint density at radius 1 is 1.03 bits per heavy atom. The van der Waals surface area contributed by atoms with Crippen molar-refractivity contribution in [2.75, 3.05) is 5.32 Å². The molecule has 2 atom stereocenters. The van der Waals surface area contributed by atoms with Gasteiger partial charge in [0, 0.05) is 12.1 Å². The first-order valence-corrected chi connectivity index (χ1v) is 11.7. The molecule has 1 N–H and O–H groups in total. The second kappa shape index (κ2) is 8.68. The molecule has 2 aliphatic rings. The van der Waals surface area contributed by atoms with Gasteiger partial charge in [-0.15, -0.1) is 0 Å². The zero-order valence-electron chi connectivity index (χ0n) is 18.8. The lowest BCUT2D eigenvalue weighted by Gasteiger charge is -2.37. The highest BCUT2D eigenvalue weighted by Crippen LogP contribution is 2.45. The highest BCUT2D eigenvalue weighted by molar-refractivity contribution is 6.32. The molecular formula is C28H27ClN2O2. The molecular weight excluding hydrogens is 432 g/mol. The number of rotatable bonds is 4. The Bertz CT molecular complexity index is 1220. The Morgan fingerprint density at radius 2 is 1.79 bits per heavy atom. The maximum atomic E-state index is 13.4. The van der Waals surface area contributed by atoms with E-state index in [0.717, 1.165) is 34.6 Å². The van der Waals surface area contributed by atoms with Crippen LogP contribution >= 0.6 is 11.6 Å². The smallest absolute Gasteiger partial charge is 0.144 e. The molecule has 4 nitrogen and oxygen atoms in total. The number of ether oxygens (including phenoxy) is 1. The molecule has 5 rings (SSSR count). The highest BCUT2D eigenvalue weighted by atomic mass is 35.5. The molecule has 1 saturated carbocycles. The quantitative estimate of drug-likeness (QED) is 0.451. The second-order valence-electron chi connectivity index (χ2n) is 9.67. The number of carbonyl (C=O) groups excluding carboxylic acids is 1. The number of Topliss-reactive ketones (excluding diaryl/α,β-unsaturated/α-hetero) is 1. The van der Waals surface area contributed by atoms with Gasteiger partial charge in [0.15, 0.2) is 0 Å². The maximum absolute atomic E-state index is 13.4. The number of anilines is 1. The first kappa shape index (κ1) is 21.7. The van der Waals surface area contributed by atoms with Crippen molar-refractivity contribution in [2.45, 2.75) is 39.3 Å². The Labute approximate surface area is 199 Å². The number of benzene rings is 3. The van der Waals surface area contributed by atoms with Crippen LogP contribution in [0.15, 0.2) is 77.8 Å². The largest absolute Gasteiger partial charge is 0.487 e. The van der Waals surface area contributed by atoms with Crippen molar-refractivity contribution < 1.29 is 9.53 Å². The lowest BCUT2D eigenvalue weighted by atomic mass is 9.68. The first-order valence-electron chi connectivity index (χ1n) is 11.3. The van der Waals surface area contributed by atoms with E-state index in [1.807, 2.05) is 72.8 Å². The van der Waals surface area contributed by atoms with E-state index in [1.54, 1.807) is 0 Å². The molecule has 3 aromatic carbocycles. The number of nitrogens with zero attached hydrogens (tertiary/aromatic N) is 1. The van der Waals surface area contributed by atoms with Gasteiger partial charge >= 0.3 is 0 Å². The van der Waals surface area contributed by atoms with Crippen LogP contribution in [0.3, 0.4) is 0 Å². The van der Waals surface area contributed by atoms with Gasteiger partial charge in [-0.1, -0.05) is 74.0 Å². The van der Waals surface area contributed by atoms with Gasteiger partial charge < -0.3 is 10.1 Å². The molecule has 3 aromatic rings. The molecule has 33 heavy (non-hydrogen) atoms. The highest BCUT2D eigenvalue weighted by Gasteiger charge is 2.44. The molecule has 0 amide bonds. The van der Waals surface area contributed by atoms with Crippen LogP contribution in [0.5, 0.6) is 5.75 Å². The summed E-state index contributed by atoms with van der Waals surface area (Å²) >= 11 is 6.64. The molecule has 0 radical (unpaired) electrons. The predicted octanol–water partition coefficient (Wildman–Crippen LogP) is 7.16. The minimum absolute atomic E-state index is 0.0942. The number of halogens is 1. The van der Waals surface area contributed by atoms with Crippen LogP contribution in [0.1, 0.15) is 43.9 Å². The molecule has 0 spiro atoms. The third-order valence-electron chi connectivity index (χ3n) is 6.38. The van der Waals surface area contributed by atoms with Gasteiger partial charge in [0.2, 0.25) is 0 Å². The molecule has 5 heteroatoms. The summed E-state index contributed by atoms with van der Waals surface area (Å²) in [5, 5.41) is 4.13. The predicted molar refractivity (Wildman–Crippen MR) is 134 cm³/mol. The van der Waals surface area contributed by atoms with Gasteiger partial charge in [-0.05, 0) is 47.2 Å². The molecule has 1 aliphatic carbocycles. The molecule has 1 fully saturated rings. The minimum atomic E-state index is -0.322. The van der Waals surface area contributed by atoms with Crippen molar-refractivity contribution in [2.24, 2.45) is 16.3 Å². The van der Waals surface area contributed by atoms with Gasteiger partial charge in [0.1, 0.15) is 18.1 Å². The number of ketones is 1. The average molecular weight is 459 g/mol. The number of para-hydroxylation sites is 2. The van der Waals surface area contributed by atoms with E-state index >= 15 is 0 Å². The molecule has 1 heterocycles. The Kier molecular flexibility index (Phi) is 5.71. The Morgan fingerprint density at radius 3 is 2.58 bits per heavy atom. The topological polar surface area (TPSA) is 50.7 Å². The lowest BCUT2D eigenvalue weighted by Crippen LogP contribution is -2.42. The van der Waals surface area contributed by atoms with Crippen LogP contribution in [-0.4, -0.2) is 11.5 Å². The summed E-state index contributed by atoms with van der Waals surface area (Å²) < 4.78 is 5.96. The summed E-state index contributed by atoms with van der Waals surface area (Å²) in [6, 6.07) is 23.5. The van der Waals surface area contributed by atoms with Crippen LogP contribution in [-0.2, 0) is 11.4 Å². The average Bonchev–Trinajstić information content (AvgIpc) is 2.94. The van der Waals surface area contributed by atoms with E-state index in [2.05, 4.69) is 19.2 Å². The normalized spacial score (nSPS) is 21.2. The number of nitrogens with one attached hydrogen (secondary N) is 1. The fraction of sp³-hybridized carbons (Fsp3) is 0.286. The Hall–Kier alpha value is -3.11. The number of hydrogen-bond acceptors (Lipinski definition) is 4. The summed E-state index contributed by atoms with van der Waals surface area (Å²) in [7, 11) is 0. The summed E-state index contributed by atoms with van der Waals surface area (Å²) in [5.74, 6) is 0.525. The molecule has 0 bridgehead atoms.